The maximum atomic E-state index is 14.6. The minimum Gasteiger partial charge on any atom is -0.489 e. The lowest BCUT2D eigenvalue weighted by molar-refractivity contribution is -0.139. The van der Waals surface area contributed by atoms with Crippen molar-refractivity contribution in [2.75, 3.05) is 106 Å². The number of hydrogen-bond acceptors (Lipinski definition) is 15. The van der Waals surface area contributed by atoms with Crippen LogP contribution in [-0.4, -0.2) is 182 Å². The van der Waals surface area contributed by atoms with Crippen molar-refractivity contribution in [2.24, 2.45) is 5.92 Å². The average molecular weight is 1060 g/mol. The van der Waals surface area contributed by atoms with Crippen LogP contribution in [0.15, 0.2) is 65.2 Å². The van der Waals surface area contributed by atoms with E-state index in [4.69, 9.17) is 28.2 Å². The van der Waals surface area contributed by atoms with Crippen molar-refractivity contribution < 1.29 is 56.2 Å². The molecule has 22 heteroatoms. The normalized spacial score (nSPS) is 16.8. The maximum absolute atomic E-state index is 14.6. The van der Waals surface area contributed by atoms with Gasteiger partial charge in [-0.2, -0.15) is 0 Å². The number of carbonyl (C=O) groups is 4. The first-order valence-electron chi connectivity index (χ1n) is 25.9. The summed E-state index contributed by atoms with van der Waals surface area (Å²) >= 11 is 1.65. The Morgan fingerprint density at radius 2 is 1.57 bits per heavy atom. The number of aromatic nitrogens is 3. The van der Waals surface area contributed by atoms with E-state index in [1.165, 1.54) is 21.6 Å². The van der Waals surface area contributed by atoms with E-state index >= 15 is 0 Å². The van der Waals surface area contributed by atoms with Gasteiger partial charge in [-0.05, 0) is 73.5 Å². The molecule has 0 radical (unpaired) electrons. The summed E-state index contributed by atoms with van der Waals surface area (Å²) < 4.78 is 66.1. The minimum absolute atomic E-state index is 0.00720. The molecule has 3 aliphatic rings. The molecule has 2 aliphatic heterocycles. The van der Waals surface area contributed by atoms with Crippen LogP contribution in [-0.2, 0) is 41.7 Å². The average Bonchev–Trinajstić information content (AvgIpc) is 4.19. The number of hydrogen-bond donors (Lipinski definition) is 2. The van der Waals surface area contributed by atoms with Gasteiger partial charge in [0, 0.05) is 76.6 Å². The Balaban J connectivity index is 0.703. The standard InChI is InChI=1S/C53H69F2N9O10S/c1-4-42(56-2)51(66)58-49(36-8-6-5-7-9-36)53(68)63-19-17-62(18-20-63)52(67)45-31-37-30-40(54)41(55)33-44(37)64(45)35-48(65)60(3)21-22-69-23-24-70-25-26-71-27-28-72-47-32-39(74-59-47)34-61-15-11-38(12-16-61)73-46-10-14-57-43-13-29-75-50(43)46/h4,10,13-14,29-33,36,38,42,49,56H,1,5-9,11-12,15-28,34-35H2,2-3H3,(H,58,66)/t42-,49-/m0/s1. The van der Waals surface area contributed by atoms with E-state index in [2.05, 4.69) is 32.3 Å². The Hall–Kier alpha value is -6.04. The van der Waals surface area contributed by atoms with Crippen LogP contribution in [0.1, 0.15) is 61.2 Å². The number of nitrogens with zero attached hydrogens (tertiary/aromatic N) is 7. The number of halogens is 2. The number of piperazine rings is 1. The van der Waals surface area contributed by atoms with E-state index in [1.807, 2.05) is 17.5 Å². The number of ether oxygens (including phenoxy) is 5. The molecular weight excluding hydrogens is 993 g/mol. The molecule has 4 amide bonds. The van der Waals surface area contributed by atoms with Crippen LogP contribution >= 0.6 is 11.3 Å². The van der Waals surface area contributed by atoms with E-state index in [1.54, 1.807) is 47.5 Å². The van der Waals surface area contributed by atoms with Crippen LogP contribution < -0.4 is 20.1 Å². The Kier molecular flexibility index (Phi) is 20.0. The smallest absolute Gasteiger partial charge is 0.270 e. The number of likely N-dealkylation sites (N-methyl/N-ethyl adjacent to an activating group) is 2. The summed E-state index contributed by atoms with van der Waals surface area (Å²) in [6.07, 6.45) is 9.95. The molecule has 1 aromatic carbocycles. The lowest BCUT2D eigenvalue weighted by atomic mass is 9.83. The molecule has 4 aromatic heterocycles. The molecule has 406 valence electrons. The van der Waals surface area contributed by atoms with Gasteiger partial charge in [0.15, 0.2) is 17.4 Å². The van der Waals surface area contributed by atoms with Crippen molar-refractivity contribution in [1.29, 1.82) is 0 Å². The van der Waals surface area contributed by atoms with Gasteiger partial charge >= 0.3 is 0 Å². The molecule has 0 bridgehead atoms. The van der Waals surface area contributed by atoms with E-state index in [-0.39, 0.29) is 98.8 Å². The number of carbonyl (C=O) groups excluding carboxylic acids is 4. The summed E-state index contributed by atoms with van der Waals surface area (Å²) in [6.45, 7) is 8.97. The number of fused-ring (bicyclic) bond motifs is 2. The molecule has 2 N–H and O–H groups in total. The van der Waals surface area contributed by atoms with Crippen molar-refractivity contribution in [3.8, 4) is 11.6 Å². The highest BCUT2D eigenvalue weighted by Crippen LogP contribution is 2.32. The van der Waals surface area contributed by atoms with Crippen molar-refractivity contribution in [3.63, 3.8) is 0 Å². The molecule has 6 heterocycles. The highest BCUT2D eigenvalue weighted by atomic mass is 32.1. The van der Waals surface area contributed by atoms with Gasteiger partial charge in [0.25, 0.3) is 11.8 Å². The first-order chi connectivity index (χ1) is 36.5. The highest BCUT2D eigenvalue weighted by Gasteiger charge is 2.37. The summed E-state index contributed by atoms with van der Waals surface area (Å²) in [5.41, 5.74) is 1.25. The molecule has 8 rings (SSSR count). The highest BCUT2D eigenvalue weighted by molar-refractivity contribution is 7.17. The van der Waals surface area contributed by atoms with Crippen LogP contribution in [0, 0.1) is 17.6 Å². The number of piperidine rings is 1. The largest absolute Gasteiger partial charge is 0.489 e. The van der Waals surface area contributed by atoms with E-state index in [9.17, 15) is 28.0 Å². The predicted molar refractivity (Wildman–Crippen MR) is 277 cm³/mol. The predicted octanol–water partition coefficient (Wildman–Crippen LogP) is 5.27. The molecule has 0 unspecified atom stereocenters. The van der Waals surface area contributed by atoms with Gasteiger partial charge in [0.1, 0.15) is 42.8 Å². The van der Waals surface area contributed by atoms with Gasteiger partial charge in [-0.1, -0.05) is 25.3 Å². The number of amides is 4. The zero-order chi connectivity index (χ0) is 52.7. The fourth-order valence-electron chi connectivity index (χ4n) is 9.83. The summed E-state index contributed by atoms with van der Waals surface area (Å²) in [7, 11) is 3.25. The second-order valence-corrected chi connectivity index (χ2v) is 20.0. The van der Waals surface area contributed by atoms with Gasteiger partial charge in [0.05, 0.1) is 61.9 Å². The quantitative estimate of drug-likeness (QED) is 0.0537. The molecule has 75 heavy (non-hydrogen) atoms. The summed E-state index contributed by atoms with van der Waals surface area (Å²) in [4.78, 5) is 66.3. The van der Waals surface area contributed by atoms with Crippen LogP contribution in [0.25, 0.3) is 21.1 Å². The second-order valence-electron chi connectivity index (χ2n) is 19.1. The van der Waals surface area contributed by atoms with Crippen molar-refractivity contribution in [3.05, 3.63) is 83.7 Å². The second kappa shape index (κ2) is 27.1. The van der Waals surface area contributed by atoms with Crippen LogP contribution in [0.4, 0.5) is 8.78 Å². The van der Waals surface area contributed by atoms with E-state index < -0.39 is 29.6 Å². The number of benzene rings is 1. The first kappa shape index (κ1) is 55.2. The fraction of sp³-hybridized carbons (Fsp3) is 0.547. The van der Waals surface area contributed by atoms with Crippen molar-refractivity contribution in [1.82, 2.24) is 44.9 Å². The molecule has 2 saturated heterocycles. The summed E-state index contributed by atoms with van der Waals surface area (Å²) in [5.74, 6) is -1.49. The topological polar surface area (TPSA) is 195 Å². The third-order valence-corrected chi connectivity index (χ3v) is 15.0. The number of likely N-dealkylation sites (tertiary alicyclic amines) is 1. The summed E-state index contributed by atoms with van der Waals surface area (Å²) in [5, 5.41) is 12.2. The Bertz CT molecular complexity index is 2700. The number of thiophene rings is 1. The number of nitrogens with one attached hydrogen (secondary N) is 2. The van der Waals surface area contributed by atoms with Crippen molar-refractivity contribution in [2.45, 2.75) is 76.2 Å². The van der Waals surface area contributed by atoms with Gasteiger partial charge in [-0.3, -0.25) is 29.1 Å². The number of pyridine rings is 1. The molecule has 19 nitrogen and oxygen atoms in total. The molecule has 3 fully saturated rings. The molecular formula is C53H69F2N9O10S. The molecule has 1 saturated carbocycles. The Morgan fingerprint density at radius 3 is 2.29 bits per heavy atom. The Labute approximate surface area is 439 Å². The molecule has 5 aromatic rings. The van der Waals surface area contributed by atoms with Crippen LogP contribution in [0.3, 0.4) is 0 Å². The first-order valence-corrected chi connectivity index (χ1v) is 26.8. The van der Waals surface area contributed by atoms with Crippen molar-refractivity contribution >= 4 is 56.1 Å². The maximum Gasteiger partial charge on any atom is 0.270 e. The third kappa shape index (κ3) is 14.7. The van der Waals surface area contributed by atoms with Gasteiger partial charge < -0.3 is 58.1 Å². The van der Waals surface area contributed by atoms with Crippen LogP contribution in [0.5, 0.6) is 11.6 Å². The lowest BCUT2D eigenvalue weighted by Gasteiger charge is -2.39. The monoisotopic (exact) mass is 1060 g/mol. The van der Waals surface area contributed by atoms with Gasteiger partial charge in [0.2, 0.25) is 17.7 Å². The number of rotatable bonds is 26. The van der Waals surface area contributed by atoms with Crippen LogP contribution in [0.2, 0.25) is 0 Å². The SMILES string of the molecule is C=C[C@H](NC)C(=O)N[C@H](C(=O)N1CCN(C(=O)c2cc3cc(F)c(F)cc3n2CC(=O)N(C)CCOCCOCCOCCOc2cc(CN3CCC(Oc4ccnc5ccsc45)CC3)on2)CC1)C1CCCCC1. The zero-order valence-corrected chi connectivity index (χ0v) is 43.7. The summed E-state index contributed by atoms with van der Waals surface area (Å²) in [6, 6.07) is 7.85. The third-order valence-electron chi connectivity index (χ3n) is 14.1. The molecule has 1 aliphatic carbocycles. The van der Waals surface area contributed by atoms with E-state index in [0.29, 0.717) is 45.5 Å². The van der Waals surface area contributed by atoms with Gasteiger partial charge in [-0.25, -0.2) is 8.78 Å². The molecule has 0 spiro atoms. The molecule has 2 atom stereocenters. The fourth-order valence-corrected chi connectivity index (χ4v) is 10.6. The van der Waals surface area contributed by atoms with Gasteiger partial charge in [-0.15, -0.1) is 17.9 Å². The minimum atomic E-state index is -1.11. The zero-order valence-electron chi connectivity index (χ0n) is 42.9. The lowest BCUT2D eigenvalue weighted by Crippen LogP contribution is -2.59. The van der Waals surface area contributed by atoms with E-state index in [0.717, 1.165) is 91.9 Å². The Morgan fingerprint density at radius 1 is 0.880 bits per heavy atom.